The first-order valence-electron chi connectivity index (χ1n) is 10.1. The molecule has 0 unspecified atom stereocenters. The largest absolute Gasteiger partial charge is 0.494 e. The van der Waals surface area contributed by atoms with E-state index in [1.54, 1.807) is 48.5 Å². The lowest BCUT2D eigenvalue weighted by Crippen LogP contribution is -2.36. The molecule has 0 spiro atoms. The number of hydrogen-bond acceptors (Lipinski definition) is 6. The van der Waals surface area contributed by atoms with Crippen LogP contribution in [0.15, 0.2) is 60.3 Å². The maximum atomic E-state index is 12.8. The monoisotopic (exact) mass is 435 g/mol. The Labute approximate surface area is 187 Å². The van der Waals surface area contributed by atoms with Crippen LogP contribution < -0.4 is 15.0 Å². The van der Waals surface area contributed by atoms with Crippen molar-refractivity contribution >= 4 is 29.5 Å². The summed E-state index contributed by atoms with van der Waals surface area (Å²) in [6.07, 6.45) is 1.58. The van der Waals surface area contributed by atoms with Gasteiger partial charge in [0.25, 0.3) is 5.91 Å². The molecule has 2 amide bonds. The minimum Gasteiger partial charge on any atom is -0.494 e. The molecule has 0 saturated heterocycles. The number of nitriles is 1. The van der Waals surface area contributed by atoms with E-state index in [4.69, 9.17) is 14.7 Å². The van der Waals surface area contributed by atoms with Gasteiger partial charge in [-0.25, -0.2) is 4.79 Å². The third-order valence-corrected chi connectivity index (χ3v) is 4.18. The van der Waals surface area contributed by atoms with Crippen molar-refractivity contribution in [3.63, 3.8) is 0 Å². The number of rotatable bonds is 10. The molecular weight excluding hydrogens is 410 g/mol. The van der Waals surface area contributed by atoms with E-state index in [2.05, 4.69) is 5.32 Å². The van der Waals surface area contributed by atoms with Gasteiger partial charge in [0.05, 0.1) is 19.1 Å². The van der Waals surface area contributed by atoms with Crippen LogP contribution in [0.3, 0.4) is 0 Å². The molecule has 2 aromatic rings. The predicted molar refractivity (Wildman–Crippen MR) is 119 cm³/mol. The van der Waals surface area contributed by atoms with Crippen LogP contribution in [0.5, 0.6) is 5.75 Å². The van der Waals surface area contributed by atoms with Gasteiger partial charge >= 0.3 is 5.97 Å². The number of nitrogens with zero attached hydrogens (tertiary/aromatic N) is 2. The van der Waals surface area contributed by atoms with Crippen molar-refractivity contribution in [1.29, 1.82) is 5.26 Å². The SMILES string of the molecule is CCOc1ccc(N(CCC#N)C(=O)COC(=O)/C(=C/c2ccccc2)NC(C)=O)cc1. The van der Waals surface area contributed by atoms with E-state index >= 15 is 0 Å². The Morgan fingerprint density at radius 2 is 1.78 bits per heavy atom. The van der Waals surface area contributed by atoms with Crippen molar-refractivity contribution in [3.8, 4) is 11.8 Å². The van der Waals surface area contributed by atoms with E-state index in [-0.39, 0.29) is 18.7 Å². The van der Waals surface area contributed by atoms with Crippen LogP contribution in [0.1, 0.15) is 25.8 Å². The predicted octanol–water partition coefficient (Wildman–Crippen LogP) is 3.05. The molecule has 0 aliphatic carbocycles. The van der Waals surface area contributed by atoms with Crippen LogP contribution in [0.25, 0.3) is 6.08 Å². The molecule has 166 valence electrons. The summed E-state index contributed by atoms with van der Waals surface area (Å²) in [7, 11) is 0. The Morgan fingerprint density at radius 3 is 2.38 bits per heavy atom. The molecule has 0 heterocycles. The zero-order valence-electron chi connectivity index (χ0n) is 18.0. The Kier molecular flexibility index (Phi) is 9.47. The van der Waals surface area contributed by atoms with E-state index < -0.39 is 24.4 Å². The quantitative estimate of drug-likeness (QED) is 0.454. The van der Waals surface area contributed by atoms with E-state index in [1.807, 2.05) is 19.1 Å². The molecule has 0 radical (unpaired) electrons. The van der Waals surface area contributed by atoms with Crippen LogP contribution in [-0.2, 0) is 19.1 Å². The zero-order chi connectivity index (χ0) is 23.3. The summed E-state index contributed by atoms with van der Waals surface area (Å²) in [4.78, 5) is 38.2. The molecule has 1 N–H and O–H groups in total. The van der Waals surface area contributed by atoms with Gasteiger partial charge in [0.2, 0.25) is 5.91 Å². The van der Waals surface area contributed by atoms with Crippen molar-refractivity contribution in [1.82, 2.24) is 5.32 Å². The van der Waals surface area contributed by atoms with Gasteiger partial charge in [0, 0.05) is 19.2 Å². The van der Waals surface area contributed by atoms with E-state index in [0.717, 1.165) is 0 Å². The third kappa shape index (κ3) is 7.61. The fourth-order valence-corrected chi connectivity index (χ4v) is 2.78. The van der Waals surface area contributed by atoms with Crippen LogP contribution >= 0.6 is 0 Å². The molecule has 0 fully saturated rings. The average Bonchev–Trinajstić information content (AvgIpc) is 2.79. The van der Waals surface area contributed by atoms with Crippen molar-refractivity contribution in [2.45, 2.75) is 20.3 Å². The molecule has 0 aliphatic rings. The second-order valence-corrected chi connectivity index (χ2v) is 6.61. The fourth-order valence-electron chi connectivity index (χ4n) is 2.78. The molecule has 0 bridgehead atoms. The van der Waals surface area contributed by atoms with Gasteiger partial charge < -0.3 is 19.7 Å². The van der Waals surface area contributed by atoms with Gasteiger partial charge in [-0.2, -0.15) is 5.26 Å². The summed E-state index contributed by atoms with van der Waals surface area (Å²) >= 11 is 0. The summed E-state index contributed by atoms with van der Waals surface area (Å²) < 4.78 is 10.6. The summed E-state index contributed by atoms with van der Waals surface area (Å²) in [5.74, 6) is -1.13. The van der Waals surface area contributed by atoms with Crippen molar-refractivity contribution in [2.75, 3.05) is 24.7 Å². The third-order valence-electron chi connectivity index (χ3n) is 4.18. The van der Waals surface area contributed by atoms with E-state index in [1.165, 1.54) is 17.9 Å². The van der Waals surface area contributed by atoms with Gasteiger partial charge in [0.15, 0.2) is 6.61 Å². The topological polar surface area (TPSA) is 109 Å². The molecule has 0 aromatic heterocycles. The molecule has 8 heteroatoms. The number of carbonyl (C=O) groups excluding carboxylic acids is 3. The lowest BCUT2D eigenvalue weighted by molar-refractivity contribution is -0.144. The van der Waals surface area contributed by atoms with Crippen LogP contribution in [-0.4, -0.2) is 37.5 Å². The molecule has 32 heavy (non-hydrogen) atoms. The van der Waals surface area contributed by atoms with Gasteiger partial charge in [-0.15, -0.1) is 0 Å². The number of esters is 1. The summed E-state index contributed by atoms with van der Waals surface area (Å²) in [5.41, 5.74) is 1.15. The van der Waals surface area contributed by atoms with Crippen molar-refractivity contribution in [3.05, 3.63) is 65.9 Å². The first kappa shape index (κ1) is 24.2. The number of hydrogen-bond donors (Lipinski definition) is 1. The lowest BCUT2D eigenvalue weighted by Gasteiger charge is -2.22. The van der Waals surface area contributed by atoms with Gasteiger partial charge in [-0.05, 0) is 42.8 Å². The maximum Gasteiger partial charge on any atom is 0.355 e. The molecule has 0 aliphatic heterocycles. The Morgan fingerprint density at radius 1 is 1.09 bits per heavy atom. The molecule has 2 aromatic carbocycles. The van der Waals surface area contributed by atoms with Crippen LogP contribution in [0, 0.1) is 11.3 Å². The van der Waals surface area contributed by atoms with Crippen molar-refractivity contribution < 1.29 is 23.9 Å². The van der Waals surface area contributed by atoms with Gasteiger partial charge in [-0.3, -0.25) is 9.59 Å². The number of amides is 2. The number of ether oxygens (including phenoxy) is 2. The fraction of sp³-hybridized carbons (Fsp3) is 0.250. The Hall–Kier alpha value is -4.12. The van der Waals surface area contributed by atoms with Crippen LogP contribution in [0.4, 0.5) is 5.69 Å². The van der Waals surface area contributed by atoms with E-state index in [9.17, 15) is 14.4 Å². The normalized spacial score (nSPS) is 10.6. The highest BCUT2D eigenvalue weighted by molar-refractivity contribution is 6.00. The van der Waals surface area contributed by atoms with E-state index in [0.29, 0.717) is 23.6 Å². The molecule has 2 rings (SSSR count). The first-order chi connectivity index (χ1) is 15.4. The highest BCUT2D eigenvalue weighted by atomic mass is 16.5. The number of benzene rings is 2. The Bertz CT molecular complexity index is 995. The summed E-state index contributed by atoms with van der Waals surface area (Å²) in [5, 5.41) is 11.4. The van der Waals surface area contributed by atoms with Crippen LogP contribution in [0.2, 0.25) is 0 Å². The molecule has 0 saturated carbocycles. The minimum atomic E-state index is -0.843. The second kappa shape index (κ2) is 12.5. The molecule has 8 nitrogen and oxygen atoms in total. The summed E-state index contributed by atoms with van der Waals surface area (Å²) in [6.45, 7) is 3.24. The maximum absolute atomic E-state index is 12.8. The standard InChI is InChI=1S/C24H25N3O5/c1-3-31-21-12-10-20(11-13-21)27(15-7-14-25)23(29)17-32-24(30)22(26-18(2)28)16-19-8-5-4-6-9-19/h4-6,8-13,16H,3,7,15,17H2,1-2H3,(H,26,28)/b22-16-. The first-order valence-corrected chi connectivity index (χ1v) is 10.1. The van der Waals surface area contributed by atoms with Gasteiger partial charge in [0.1, 0.15) is 11.4 Å². The number of anilines is 1. The second-order valence-electron chi connectivity index (χ2n) is 6.61. The van der Waals surface area contributed by atoms with Crippen molar-refractivity contribution in [2.24, 2.45) is 0 Å². The number of nitrogens with one attached hydrogen (secondary N) is 1. The average molecular weight is 435 g/mol. The summed E-state index contributed by atoms with van der Waals surface area (Å²) in [6, 6.07) is 17.7. The highest BCUT2D eigenvalue weighted by Gasteiger charge is 2.20. The lowest BCUT2D eigenvalue weighted by atomic mass is 10.2. The zero-order valence-corrected chi connectivity index (χ0v) is 18.0. The Balaban J connectivity index is 2.12. The highest BCUT2D eigenvalue weighted by Crippen LogP contribution is 2.20. The van der Waals surface area contributed by atoms with Gasteiger partial charge in [-0.1, -0.05) is 30.3 Å². The number of carbonyl (C=O) groups is 3. The molecular formula is C24H25N3O5. The molecule has 0 atom stereocenters. The minimum absolute atomic E-state index is 0.0823. The smallest absolute Gasteiger partial charge is 0.355 e.